The molecule has 2 heterocycles. The average molecular weight is 448 g/mol. The van der Waals surface area contributed by atoms with Gasteiger partial charge in [0.15, 0.2) is 0 Å². The van der Waals surface area contributed by atoms with Crippen molar-refractivity contribution in [2.24, 2.45) is 7.05 Å². The third kappa shape index (κ3) is 5.98. The molecule has 3 N–H and O–H groups in total. The van der Waals surface area contributed by atoms with Crippen LogP contribution < -0.4 is 15.4 Å². The van der Waals surface area contributed by atoms with Gasteiger partial charge in [-0.3, -0.25) is 19.7 Å². The number of benzene rings is 1. The van der Waals surface area contributed by atoms with Crippen LogP contribution in [0, 0.1) is 0 Å². The number of nitrogens with one attached hydrogen (secondary N) is 2. The van der Waals surface area contributed by atoms with Crippen molar-refractivity contribution in [3.8, 4) is 5.75 Å². The smallest absolute Gasteiger partial charge is 0.234 e. The molecule has 1 aromatic carbocycles. The second-order valence-corrected chi connectivity index (χ2v) is 8.68. The number of halogens is 1. The molecular weight excluding hydrogens is 418 g/mol. The lowest BCUT2D eigenvalue weighted by molar-refractivity contribution is -0.124. The van der Waals surface area contributed by atoms with Crippen molar-refractivity contribution in [2.45, 2.75) is 38.0 Å². The van der Waals surface area contributed by atoms with Crippen molar-refractivity contribution in [2.75, 3.05) is 32.8 Å². The lowest BCUT2D eigenvalue weighted by atomic mass is 10.2. The highest BCUT2D eigenvalue weighted by molar-refractivity contribution is 6.32. The Morgan fingerprint density at radius 2 is 2.23 bits per heavy atom. The predicted molar refractivity (Wildman–Crippen MR) is 118 cm³/mol. The second-order valence-electron chi connectivity index (χ2n) is 8.27. The summed E-state index contributed by atoms with van der Waals surface area (Å²) >= 11 is 6.39. The van der Waals surface area contributed by atoms with Gasteiger partial charge < -0.3 is 15.2 Å². The van der Waals surface area contributed by atoms with Crippen LogP contribution in [-0.4, -0.2) is 58.5 Å². The maximum Gasteiger partial charge on any atom is 0.234 e. The van der Waals surface area contributed by atoms with Crippen molar-refractivity contribution in [1.29, 1.82) is 0 Å². The Bertz CT molecular complexity index is 915. The van der Waals surface area contributed by atoms with Crippen molar-refractivity contribution in [1.82, 2.24) is 25.3 Å². The first-order valence-corrected chi connectivity index (χ1v) is 11.2. The summed E-state index contributed by atoms with van der Waals surface area (Å²) < 4.78 is 7.55. The Morgan fingerprint density at radius 3 is 2.97 bits per heavy atom. The Hall–Kier alpha value is -2.13. The minimum Gasteiger partial charge on any atom is -0.492 e. The van der Waals surface area contributed by atoms with Crippen LogP contribution in [0.5, 0.6) is 5.75 Å². The molecule has 0 bridgehead atoms. The van der Waals surface area contributed by atoms with E-state index < -0.39 is 6.23 Å². The quantitative estimate of drug-likeness (QED) is 0.381. The lowest BCUT2D eigenvalue weighted by Gasteiger charge is -2.26. The van der Waals surface area contributed by atoms with E-state index in [1.165, 1.54) is 12.8 Å². The average Bonchev–Trinajstić information content (AvgIpc) is 3.52. The third-order valence-electron chi connectivity index (χ3n) is 5.70. The van der Waals surface area contributed by atoms with Crippen LogP contribution in [0.2, 0.25) is 5.02 Å². The first-order valence-electron chi connectivity index (χ1n) is 10.8. The zero-order valence-electron chi connectivity index (χ0n) is 17.8. The molecule has 1 aliphatic carbocycles. The number of rotatable bonds is 10. The number of hydrogen-bond donors (Lipinski definition) is 3. The van der Waals surface area contributed by atoms with Crippen LogP contribution in [0.15, 0.2) is 24.3 Å². The largest absolute Gasteiger partial charge is 0.492 e. The summed E-state index contributed by atoms with van der Waals surface area (Å²) in [6, 6.07) is 7.63. The van der Waals surface area contributed by atoms with Gasteiger partial charge in [-0.15, -0.1) is 0 Å². The molecule has 8 nitrogen and oxygen atoms in total. The molecule has 168 valence electrons. The number of piperazine rings is 1. The summed E-state index contributed by atoms with van der Waals surface area (Å²) in [5.74, 6) is 1.28. The molecule has 2 fully saturated rings. The van der Waals surface area contributed by atoms with Crippen LogP contribution >= 0.6 is 11.6 Å². The Kier molecular flexibility index (Phi) is 7.12. The first kappa shape index (κ1) is 22.1. The molecule has 1 saturated heterocycles. The summed E-state index contributed by atoms with van der Waals surface area (Å²) in [6.45, 7) is 3.87. The summed E-state index contributed by atoms with van der Waals surface area (Å²) in [7, 11) is 1.86. The number of aromatic nitrogens is 2. The maximum absolute atomic E-state index is 11.4. The van der Waals surface area contributed by atoms with Crippen LogP contribution in [0.25, 0.3) is 0 Å². The van der Waals surface area contributed by atoms with E-state index in [1.807, 2.05) is 31.3 Å². The zero-order valence-corrected chi connectivity index (χ0v) is 18.6. The van der Waals surface area contributed by atoms with Crippen molar-refractivity contribution >= 4 is 17.5 Å². The summed E-state index contributed by atoms with van der Waals surface area (Å²) in [5, 5.41) is 21.5. The fraction of sp³-hybridized carbons (Fsp3) is 0.545. The van der Waals surface area contributed by atoms with Crippen LogP contribution in [0.1, 0.15) is 48.4 Å². The van der Waals surface area contributed by atoms with E-state index in [2.05, 4.69) is 20.6 Å². The first-order chi connectivity index (χ1) is 15.0. The van der Waals surface area contributed by atoms with E-state index in [0.29, 0.717) is 42.9 Å². The molecule has 1 aliphatic heterocycles. The third-order valence-corrected chi connectivity index (χ3v) is 6.00. The standard InChI is InChI=1S/C22H30ClN5O3/c1-27-19(12-18(26-27)16-4-5-16)22(30)25-13-15-3-6-20(17(23)11-15)31-10-2-8-28-9-7-24-21(29)14-28/h3,6,11-12,16,22,25,30H,2,4-5,7-10,13-14H2,1H3,(H,24,29). The zero-order chi connectivity index (χ0) is 21.8. The number of aryl methyl sites for hydroxylation is 1. The van der Waals surface area contributed by atoms with Gasteiger partial charge >= 0.3 is 0 Å². The van der Waals surface area contributed by atoms with Crippen molar-refractivity contribution in [3.63, 3.8) is 0 Å². The molecule has 1 saturated carbocycles. The van der Waals surface area contributed by atoms with Gasteiger partial charge in [0.2, 0.25) is 5.91 Å². The number of nitrogens with zero attached hydrogens (tertiary/aromatic N) is 3. The second kappa shape index (κ2) is 9.99. The van der Waals surface area contributed by atoms with Gasteiger partial charge in [-0.2, -0.15) is 5.10 Å². The Labute approximate surface area is 187 Å². The number of ether oxygens (including phenoxy) is 1. The van der Waals surface area contributed by atoms with E-state index >= 15 is 0 Å². The molecule has 2 aromatic rings. The minimum absolute atomic E-state index is 0.0799. The predicted octanol–water partition coefficient (Wildman–Crippen LogP) is 1.93. The van der Waals surface area contributed by atoms with Gasteiger partial charge in [-0.1, -0.05) is 17.7 Å². The summed E-state index contributed by atoms with van der Waals surface area (Å²) in [6.07, 6.45) is 2.40. The molecule has 1 amide bonds. The van der Waals surface area contributed by atoms with Gasteiger partial charge in [-0.25, -0.2) is 0 Å². The van der Waals surface area contributed by atoms with E-state index in [9.17, 15) is 9.90 Å². The SMILES string of the molecule is Cn1nc(C2CC2)cc1C(O)NCc1ccc(OCCCN2CCNC(=O)C2)c(Cl)c1. The molecule has 31 heavy (non-hydrogen) atoms. The Morgan fingerprint density at radius 1 is 1.39 bits per heavy atom. The molecule has 9 heteroatoms. The number of aliphatic hydroxyl groups excluding tert-OH is 1. The highest BCUT2D eigenvalue weighted by Gasteiger charge is 2.28. The molecule has 1 atom stereocenters. The monoisotopic (exact) mass is 447 g/mol. The van der Waals surface area contributed by atoms with Crippen LogP contribution in [-0.2, 0) is 18.4 Å². The fourth-order valence-corrected chi connectivity index (χ4v) is 4.04. The van der Waals surface area contributed by atoms with E-state index in [1.54, 1.807) is 4.68 Å². The molecule has 1 aromatic heterocycles. The van der Waals surface area contributed by atoms with Gasteiger partial charge in [0.25, 0.3) is 0 Å². The van der Waals surface area contributed by atoms with Crippen molar-refractivity contribution in [3.05, 3.63) is 46.2 Å². The van der Waals surface area contributed by atoms with E-state index in [-0.39, 0.29) is 5.91 Å². The van der Waals surface area contributed by atoms with E-state index in [0.717, 1.165) is 36.5 Å². The van der Waals surface area contributed by atoms with Crippen molar-refractivity contribution < 1.29 is 14.6 Å². The summed E-state index contributed by atoms with van der Waals surface area (Å²) in [4.78, 5) is 13.5. The fourth-order valence-electron chi connectivity index (χ4n) is 3.78. The number of carbonyl (C=O) groups excluding carboxylic acids is 1. The number of aliphatic hydroxyl groups is 1. The van der Waals surface area contributed by atoms with Gasteiger partial charge in [0.05, 0.1) is 29.6 Å². The maximum atomic E-state index is 11.4. The lowest BCUT2D eigenvalue weighted by Crippen LogP contribution is -2.47. The van der Waals surface area contributed by atoms with Crippen LogP contribution in [0.3, 0.4) is 0 Å². The van der Waals surface area contributed by atoms with E-state index in [4.69, 9.17) is 16.3 Å². The highest BCUT2D eigenvalue weighted by Crippen LogP contribution is 2.39. The topological polar surface area (TPSA) is 91.7 Å². The molecule has 1 unspecified atom stereocenters. The number of amides is 1. The molecular formula is C22H30ClN5O3. The number of carbonyl (C=O) groups is 1. The number of hydrogen-bond acceptors (Lipinski definition) is 6. The minimum atomic E-state index is -0.795. The van der Waals surface area contributed by atoms with Gasteiger partial charge in [0, 0.05) is 39.1 Å². The molecule has 0 spiro atoms. The summed E-state index contributed by atoms with van der Waals surface area (Å²) in [5.41, 5.74) is 2.78. The highest BCUT2D eigenvalue weighted by atomic mass is 35.5. The molecule has 4 rings (SSSR count). The molecule has 2 aliphatic rings. The Balaban J connectivity index is 1.22. The van der Waals surface area contributed by atoms with Gasteiger partial charge in [0.1, 0.15) is 12.0 Å². The normalized spacial score (nSPS) is 18.1. The van der Waals surface area contributed by atoms with Gasteiger partial charge in [-0.05, 0) is 43.0 Å². The molecule has 0 radical (unpaired) electrons. The van der Waals surface area contributed by atoms with Crippen LogP contribution in [0.4, 0.5) is 0 Å².